The molecule has 160 valence electrons. The first-order valence-corrected chi connectivity index (χ1v) is 10.8. The molecule has 1 aromatic heterocycles. The fourth-order valence-corrected chi connectivity index (χ4v) is 4.33. The molecule has 31 heavy (non-hydrogen) atoms. The second-order valence-corrected chi connectivity index (χ2v) is 8.23. The number of hydrogen-bond acceptors (Lipinski definition) is 8. The van der Waals surface area contributed by atoms with E-state index in [4.69, 9.17) is 5.10 Å². The van der Waals surface area contributed by atoms with Gasteiger partial charge in [0, 0.05) is 23.7 Å². The van der Waals surface area contributed by atoms with Gasteiger partial charge in [-0.05, 0) is 48.2 Å². The third-order valence-corrected chi connectivity index (χ3v) is 5.86. The van der Waals surface area contributed by atoms with Crippen molar-refractivity contribution in [2.75, 3.05) is 10.3 Å². The summed E-state index contributed by atoms with van der Waals surface area (Å²) >= 11 is 1.41. The predicted octanol–water partition coefficient (Wildman–Crippen LogP) is 2.68. The zero-order valence-corrected chi connectivity index (χ0v) is 18.1. The van der Waals surface area contributed by atoms with Gasteiger partial charge in [0.2, 0.25) is 11.0 Å². The summed E-state index contributed by atoms with van der Waals surface area (Å²) < 4.78 is 0. The number of aromatic nitrogens is 2. The molecule has 4 rings (SSSR count). The molecule has 1 aliphatic rings. The number of carbonyl (C=O) groups excluding carboxylic acids is 1. The molecular formula is C22H23N5O3S. The molecule has 9 heteroatoms. The Morgan fingerprint density at radius 3 is 2.52 bits per heavy atom. The number of carbonyl (C=O) groups is 1. The number of aliphatic hydroxyl groups is 2. The van der Waals surface area contributed by atoms with Crippen LogP contribution >= 0.6 is 11.3 Å². The van der Waals surface area contributed by atoms with Crippen LogP contribution in [-0.2, 0) is 24.4 Å². The molecule has 0 spiro atoms. The quantitative estimate of drug-likeness (QED) is 0.566. The molecule has 8 nitrogen and oxygen atoms in total. The van der Waals surface area contributed by atoms with Crippen LogP contribution in [0.1, 0.15) is 41.7 Å². The highest BCUT2D eigenvalue weighted by Gasteiger charge is 2.27. The van der Waals surface area contributed by atoms with Crippen LogP contribution < -0.4 is 10.3 Å². The molecule has 0 aliphatic carbocycles. The largest absolute Gasteiger partial charge is 0.392 e. The first-order valence-electron chi connectivity index (χ1n) is 9.89. The lowest BCUT2D eigenvalue weighted by Crippen LogP contribution is -2.29. The Labute approximate surface area is 183 Å². The van der Waals surface area contributed by atoms with E-state index in [2.05, 4.69) is 22.4 Å². The van der Waals surface area contributed by atoms with E-state index < -0.39 is 0 Å². The number of rotatable bonds is 5. The van der Waals surface area contributed by atoms with E-state index in [1.54, 1.807) is 5.51 Å². The third-order valence-electron chi connectivity index (χ3n) is 5.19. The van der Waals surface area contributed by atoms with Crippen molar-refractivity contribution < 1.29 is 15.0 Å². The van der Waals surface area contributed by atoms with Crippen LogP contribution in [0.3, 0.4) is 0 Å². The minimum Gasteiger partial charge on any atom is -0.392 e. The molecule has 1 amide bonds. The minimum atomic E-state index is -0.173. The molecular weight excluding hydrogens is 414 g/mol. The van der Waals surface area contributed by atoms with Crippen LogP contribution in [0.2, 0.25) is 0 Å². The molecule has 0 radical (unpaired) electrons. The number of amides is 1. The number of hydrogen-bond donors (Lipinski definition) is 3. The Kier molecular flexibility index (Phi) is 6.08. The van der Waals surface area contributed by atoms with Gasteiger partial charge in [-0.25, -0.2) is 5.01 Å². The van der Waals surface area contributed by atoms with Crippen LogP contribution in [0.4, 0.5) is 10.8 Å². The first kappa shape index (κ1) is 21.1. The summed E-state index contributed by atoms with van der Waals surface area (Å²) in [4.78, 5) is 11.4. The maximum Gasteiger partial charge on any atom is 0.228 e. The smallest absolute Gasteiger partial charge is 0.228 e. The lowest BCUT2D eigenvalue weighted by atomic mass is 9.90. The Bertz CT molecular complexity index is 1110. The first-order chi connectivity index (χ1) is 15.0. The van der Waals surface area contributed by atoms with Crippen LogP contribution in [0, 0.1) is 0 Å². The van der Waals surface area contributed by atoms with E-state index in [1.807, 2.05) is 41.4 Å². The summed E-state index contributed by atoms with van der Waals surface area (Å²) in [6.45, 7) is 3.22. The predicted molar refractivity (Wildman–Crippen MR) is 120 cm³/mol. The number of nitrogens with one attached hydrogen (secondary N) is 1. The van der Waals surface area contributed by atoms with Crippen molar-refractivity contribution in [1.82, 2.24) is 10.2 Å². The van der Waals surface area contributed by atoms with Crippen molar-refractivity contribution in [3.63, 3.8) is 0 Å². The number of benzene rings is 2. The molecule has 0 bridgehead atoms. The number of hydrazone groups is 1. The van der Waals surface area contributed by atoms with E-state index in [1.165, 1.54) is 18.3 Å². The van der Waals surface area contributed by atoms with E-state index >= 15 is 0 Å². The van der Waals surface area contributed by atoms with E-state index in [-0.39, 0.29) is 25.2 Å². The summed E-state index contributed by atoms with van der Waals surface area (Å²) in [5.41, 5.74) is 7.26. The van der Waals surface area contributed by atoms with Gasteiger partial charge in [-0.2, -0.15) is 5.10 Å². The molecule has 0 fully saturated rings. The monoisotopic (exact) mass is 437 g/mol. The molecule has 0 saturated heterocycles. The number of fused-ring (bicyclic) bond motifs is 1. The normalized spacial score (nSPS) is 15.8. The standard InChI is InChI=1S/C22H23N5O3S/c1-13-7-16-8-17(10-28)18(11-29)9-20(16)21(26-27(13)22-25-23-12-31-22)15-3-5-19(6-4-15)24-14(2)30/h3-6,8-9,12-13,28-29H,7,10-11H2,1-2H3,(H,24,30). The number of nitrogens with zero attached hydrogens (tertiary/aromatic N) is 4. The van der Waals surface area contributed by atoms with Gasteiger partial charge < -0.3 is 15.5 Å². The molecule has 3 aromatic rings. The lowest BCUT2D eigenvalue weighted by Gasteiger charge is -2.21. The van der Waals surface area contributed by atoms with Gasteiger partial charge in [0.1, 0.15) is 5.51 Å². The molecule has 1 unspecified atom stereocenters. The lowest BCUT2D eigenvalue weighted by molar-refractivity contribution is -0.114. The topological polar surface area (TPSA) is 111 Å². The summed E-state index contributed by atoms with van der Waals surface area (Å²) in [5, 5.41) is 38.0. The zero-order valence-electron chi connectivity index (χ0n) is 17.2. The average molecular weight is 438 g/mol. The summed E-state index contributed by atoms with van der Waals surface area (Å²) in [7, 11) is 0. The Balaban J connectivity index is 1.87. The third kappa shape index (κ3) is 4.34. The molecule has 3 N–H and O–H groups in total. The van der Waals surface area contributed by atoms with Gasteiger partial charge in [0.05, 0.1) is 25.0 Å². The van der Waals surface area contributed by atoms with E-state index in [9.17, 15) is 15.0 Å². The average Bonchev–Trinajstić information content (AvgIpc) is 3.24. The highest BCUT2D eigenvalue weighted by molar-refractivity contribution is 7.13. The van der Waals surface area contributed by atoms with Crippen molar-refractivity contribution in [3.05, 3.63) is 69.7 Å². The fraction of sp³-hybridized carbons (Fsp3) is 0.273. The van der Waals surface area contributed by atoms with Gasteiger partial charge >= 0.3 is 0 Å². The van der Waals surface area contributed by atoms with Gasteiger partial charge in [-0.3, -0.25) is 4.79 Å². The molecule has 2 heterocycles. The highest BCUT2D eigenvalue weighted by Crippen LogP contribution is 2.30. The Hall–Kier alpha value is -3.14. The maximum absolute atomic E-state index is 11.4. The second kappa shape index (κ2) is 8.93. The van der Waals surface area contributed by atoms with Crippen LogP contribution in [0.15, 0.2) is 47.0 Å². The van der Waals surface area contributed by atoms with Crippen LogP contribution in [0.25, 0.3) is 0 Å². The van der Waals surface area contributed by atoms with Crippen molar-refractivity contribution in [1.29, 1.82) is 0 Å². The summed E-state index contributed by atoms with van der Waals surface area (Å²) in [5.74, 6) is -0.134. The van der Waals surface area contributed by atoms with Crippen molar-refractivity contribution in [2.24, 2.45) is 5.10 Å². The fourth-order valence-electron chi connectivity index (χ4n) is 3.72. The molecule has 1 aliphatic heterocycles. The number of aliphatic hydroxyl groups excluding tert-OH is 2. The van der Waals surface area contributed by atoms with Gasteiger partial charge in [0.25, 0.3) is 0 Å². The summed E-state index contributed by atoms with van der Waals surface area (Å²) in [6.07, 6.45) is 0.685. The Morgan fingerprint density at radius 1 is 1.19 bits per heavy atom. The highest BCUT2D eigenvalue weighted by atomic mass is 32.1. The second-order valence-electron chi connectivity index (χ2n) is 7.42. The van der Waals surface area contributed by atoms with E-state index in [0.717, 1.165) is 22.4 Å². The van der Waals surface area contributed by atoms with Crippen molar-refractivity contribution in [2.45, 2.75) is 39.5 Å². The maximum atomic E-state index is 11.4. The molecule has 2 aromatic carbocycles. The van der Waals surface area contributed by atoms with E-state index in [0.29, 0.717) is 28.4 Å². The Morgan fingerprint density at radius 2 is 1.90 bits per heavy atom. The summed E-state index contributed by atoms with van der Waals surface area (Å²) in [6, 6.07) is 11.3. The van der Waals surface area contributed by atoms with Crippen LogP contribution in [-0.4, -0.2) is 38.1 Å². The van der Waals surface area contributed by atoms with Crippen molar-refractivity contribution in [3.8, 4) is 0 Å². The minimum absolute atomic E-state index is 0.00868. The van der Waals surface area contributed by atoms with Gasteiger partial charge in [-0.1, -0.05) is 29.5 Å². The molecule has 1 atom stereocenters. The van der Waals surface area contributed by atoms with Gasteiger partial charge in [-0.15, -0.1) is 10.2 Å². The van der Waals surface area contributed by atoms with Gasteiger partial charge in [0.15, 0.2) is 0 Å². The number of anilines is 2. The van der Waals surface area contributed by atoms with Crippen molar-refractivity contribution >= 4 is 33.8 Å². The molecule has 0 saturated carbocycles. The SMILES string of the molecule is CC(=O)Nc1ccc(C2=NN(c3nncs3)C(C)Cc3cc(CO)c(CO)cc32)cc1. The zero-order chi connectivity index (χ0) is 22.0. The van der Waals surface area contributed by atoms with Crippen LogP contribution in [0.5, 0.6) is 0 Å².